The van der Waals surface area contributed by atoms with Gasteiger partial charge in [-0.15, -0.1) is 0 Å². The molecule has 2 heterocycles. The van der Waals surface area contributed by atoms with Crippen LogP contribution < -0.4 is 24.4 Å². The van der Waals surface area contributed by atoms with Crippen molar-refractivity contribution in [3.05, 3.63) is 104 Å². The van der Waals surface area contributed by atoms with Crippen molar-refractivity contribution in [2.45, 2.75) is 0 Å². The summed E-state index contributed by atoms with van der Waals surface area (Å²) in [5.41, 5.74) is 0.612. The first kappa shape index (κ1) is 25.0. The van der Waals surface area contributed by atoms with Crippen LogP contribution in [0.25, 0.3) is 10.9 Å². The SMILES string of the molecule is CNC(=O)n1ccc2ccc(Oc3cc(N(C(=O)Oc4ccccc4)C(=O)Oc4ccccc4)ncn3)cc21. The molecule has 0 aliphatic carbocycles. The molecule has 0 aliphatic heterocycles. The molecule has 0 unspecified atom stereocenters. The smallest absolute Gasteiger partial charge is 0.430 e. The van der Waals surface area contributed by atoms with Crippen molar-refractivity contribution in [2.24, 2.45) is 0 Å². The molecule has 11 heteroatoms. The molecule has 194 valence electrons. The molecule has 2 aromatic heterocycles. The van der Waals surface area contributed by atoms with Gasteiger partial charge < -0.3 is 19.5 Å². The monoisotopic (exact) mass is 523 g/mol. The number of benzene rings is 3. The average molecular weight is 524 g/mol. The van der Waals surface area contributed by atoms with Crippen molar-refractivity contribution in [2.75, 3.05) is 11.9 Å². The van der Waals surface area contributed by atoms with Crippen molar-refractivity contribution in [1.29, 1.82) is 0 Å². The van der Waals surface area contributed by atoms with E-state index in [0.29, 0.717) is 16.2 Å². The number of rotatable bonds is 5. The van der Waals surface area contributed by atoms with E-state index in [1.165, 1.54) is 17.7 Å². The number of imide groups is 1. The topological polar surface area (TPSA) is 125 Å². The molecule has 3 amide bonds. The highest BCUT2D eigenvalue weighted by atomic mass is 16.6. The van der Waals surface area contributed by atoms with Gasteiger partial charge in [-0.1, -0.05) is 36.4 Å². The minimum atomic E-state index is -1.04. The molecular formula is C28H21N5O6. The summed E-state index contributed by atoms with van der Waals surface area (Å²) in [6.45, 7) is 0. The fourth-order valence-electron chi connectivity index (χ4n) is 3.63. The van der Waals surface area contributed by atoms with Crippen LogP contribution in [0.5, 0.6) is 23.1 Å². The highest BCUT2D eigenvalue weighted by molar-refractivity contribution is 6.09. The highest BCUT2D eigenvalue weighted by Gasteiger charge is 2.30. The number of anilines is 1. The number of hydrogen-bond donors (Lipinski definition) is 1. The number of amides is 3. The molecule has 39 heavy (non-hydrogen) atoms. The molecule has 3 aromatic carbocycles. The minimum Gasteiger partial charge on any atom is -0.439 e. The number of fused-ring (bicyclic) bond motifs is 1. The van der Waals surface area contributed by atoms with Crippen molar-refractivity contribution >= 4 is 34.9 Å². The number of carbonyl (C=O) groups excluding carboxylic acids is 3. The predicted molar refractivity (Wildman–Crippen MR) is 141 cm³/mol. The van der Waals surface area contributed by atoms with Crippen LogP contribution in [0.3, 0.4) is 0 Å². The lowest BCUT2D eigenvalue weighted by molar-refractivity contribution is 0.190. The third-order valence-electron chi connectivity index (χ3n) is 5.44. The Balaban J connectivity index is 1.44. The van der Waals surface area contributed by atoms with E-state index in [9.17, 15) is 14.4 Å². The largest absolute Gasteiger partial charge is 0.439 e. The van der Waals surface area contributed by atoms with Crippen LogP contribution in [0.2, 0.25) is 0 Å². The van der Waals surface area contributed by atoms with E-state index >= 15 is 0 Å². The zero-order valence-electron chi connectivity index (χ0n) is 20.6. The van der Waals surface area contributed by atoms with Gasteiger partial charge in [0.05, 0.1) is 5.52 Å². The van der Waals surface area contributed by atoms with Gasteiger partial charge in [0.2, 0.25) is 5.88 Å². The maximum Gasteiger partial charge on any atom is 0.430 e. The number of nitrogens with zero attached hydrogens (tertiary/aromatic N) is 4. The lowest BCUT2D eigenvalue weighted by atomic mass is 10.2. The normalized spacial score (nSPS) is 10.5. The third-order valence-corrected chi connectivity index (χ3v) is 5.44. The summed E-state index contributed by atoms with van der Waals surface area (Å²) < 4.78 is 18.1. The molecule has 5 rings (SSSR count). The summed E-state index contributed by atoms with van der Waals surface area (Å²) in [5, 5.41) is 3.40. The zero-order valence-corrected chi connectivity index (χ0v) is 20.6. The average Bonchev–Trinajstić information content (AvgIpc) is 3.37. The van der Waals surface area contributed by atoms with Crippen molar-refractivity contribution < 1.29 is 28.6 Å². The predicted octanol–water partition coefficient (Wildman–Crippen LogP) is 5.62. The first-order valence-electron chi connectivity index (χ1n) is 11.7. The number of aromatic nitrogens is 3. The molecule has 1 N–H and O–H groups in total. The number of nitrogens with one attached hydrogen (secondary N) is 1. The standard InChI is InChI=1S/C28H21N5O6/c1-29-26(34)32-15-14-19-12-13-22(16-23(19)32)37-25-17-24(30-18-31-25)33(27(35)38-20-8-4-2-5-9-20)28(36)39-21-10-6-3-7-11-21/h2-18H,1H3,(H,29,34). The molecule has 0 saturated carbocycles. The molecule has 5 aromatic rings. The summed E-state index contributed by atoms with van der Waals surface area (Å²) in [6, 6.07) is 24.5. The molecular weight excluding hydrogens is 502 g/mol. The van der Waals surface area contributed by atoms with Gasteiger partial charge in [0.1, 0.15) is 23.6 Å². The van der Waals surface area contributed by atoms with E-state index < -0.39 is 12.2 Å². The van der Waals surface area contributed by atoms with Crippen LogP contribution in [-0.4, -0.2) is 39.8 Å². The molecule has 0 fully saturated rings. The summed E-state index contributed by atoms with van der Waals surface area (Å²) in [4.78, 5) is 47.2. The molecule has 0 bridgehead atoms. The van der Waals surface area contributed by atoms with Crippen LogP contribution >= 0.6 is 0 Å². The summed E-state index contributed by atoms with van der Waals surface area (Å²) in [7, 11) is 1.54. The Morgan fingerprint density at radius 3 is 2.03 bits per heavy atom. The third kappa shape index (κ3) is 5.67. The Hall–Kier alpha value is -5.71. The van der Waals surface area contributed by atoms with Crippen LogP contribution in [0.4, 0.5) is 20.2 Å². The van der Waals surface area contributed by atoms with E-state index in [0.717, 1.165) is 11.7 Å². The second kappa shape index (κ2) is 11.1. The first-order chi connectivity index (χ1) is 19.0. The van der Waals surface area contributed by atoms with Gasteiger partial charge >= 0.3 is 18.2 Å². The summed E-state index contributed by atoms with van der Waals surface area (Å²) >= 11 is 0. The van der Waals surface area contributed by atoms with Crippen LogP contribution in [0, 0.1) is 0 Å². The Kier molecular flexibility index (Phi) is 7.13. The van der Waals surface area contributed by atoms with Gasteiger partial charge in [-0.2, -0.15) is 4.90 Å². The van der Waals surface area contributed by atoms with Crippen LogP contribution in [0.1, 0.15) is 0 Å². The van der Waals surface area contributed by atoms with Gasteiger partial charge in [0.25, 0.3) is 0 Å². The molecule has 0 spiro atoms. The van der Waals surface area contributed by atoms with Gasteiger partial charge in [-0.05, 0) is 42.5 Å². The fraction of sp³-hybridized carbons (Fsp3) is 0.0357. The van der Waals surface area contributed by atoms with Gasteiger partial charge in [0, 0.05) is 30.8 Å². The Morgan fingerprint density at radius 2 is 1.41 bits per heavy atom. The highest BCUT2D eigenvalue weighted by Crippen LogP contribution is 2.27. The first-order valence-corrected chi connectivity index (χ1v) is 11.7. The maximum absolute atomic E-state index is 13.1. The number of hydrogen-bond acceptors (Lipinski definition) is 8. The lowest BCUT2D eigenvalue weighted by Crippen LogP contribution is -2.41. The van der Waals surface area contributed by atoms with Crippen molar-refractivity contribution in [3.63, 3.8) is 0 Å². The Bertz CT molecular complexity index is 1590. The second-order valence-corrected chi connectivity index (χ2v) is 7.98. The summed E-state index contributed by atoms with van der Waals surface area (Å²) in [5.74, 6) is 0.691. The van der Waals surface area contributed by atoms with Crippen molar-refractivity contribution in [3.8, 4) is 23.1 Å². The number of ether oxygens (including phenoxy) is 3. The van der Waals surface area contributed by atoms with E-state index in [1.807, 2.05) is 0 Å². The van der Waals surface area contributed by atoms with Gasteiger partial charge in [-0.25, -0.2) is 24.4 Å². The molecule has 0 atom stereocenters. The fourth-order valence-corrected chi connectivity index (χ4v) is 3.63. The van der Waals surface area contributed by atoms with Crippen LogP contribution in [-0.2, 0) is 0 Å². The Morgan fingerprint density at radius 1 is 0.769 bits per heavy atom. The Labute approximate surface area is 222 Å². The maximum atomic E-state index is 13.1. The van der Waals surface area contributed by atoms with Crippen molar-refractivity contribution in [1.82, 2.24) is 19.9 Å². The van der Waals surface area contributed by atoms with E-state index in [2.05, 4.69) is 15.3 Å². The van der Waals surface area contributed by atoms with Crippen LogP contribution in [0.15, 0.2) is 104 Å². The molecule has 0 aliphatic rings. The van der Waals surface area contributed by atoms with E-state index in [1.54, 1.807) is 91.1 Å². The quantitative estimate of drug-likeness (QED) is 0.315. The molecule has 0 radical (unpaired) electrons. The second-order valence-electron chi connectivity index (χ2n) is 7.98. The molecule has 0 saturated heterocycles. The lowest BCUT2D eigenvalue weighted by Gasteiger charge is -2.19. The zero-order chi connectivity index (χ0) is 27.2. The van der Waals surface area contributed by atoms with Gasteiger partial charge in [-0.3, -0.25) is 4.57 Å². The number of carbonyl (C=O) groups is 3. The van der Waals surface area contributed by atoms with Gasteiger partial charge in [0.15, 0.2) is 5.82 Å². The van der Waals surface area contributed by atoms with E-state index in [-0.39, 0.29) is 29.2 Å². The summed E-state index contributed by atoms with van der Waals surface area (Å²) in [6.07, 6.45) is 0.688. The molecule has 11 nitrogen and oxygen atoms in total. The van der Waals surface area contributed by atoms with E-state index in [4.69, 9.17) is 14.2 Å². The number of para-hydroxylation sites is 2. The minimum absolute atomic E-state index is 0.0300.